The molecule has 1 amide bonds. The van der Waals surface area contributed by atoms with E-state index in [9.17, 15) is 23.5 Å². The van der Waals surface area contributed by atoms with Crippen LogP contribution in [0.5, 0.6) is 0 Å². The fraction of sp³-hybridized carbons (Fsp3) is 0.500. The molecule has 124 valence electrons. The predicted molar refractivity (Wildman–Crippen MR) is 75.6 cm³/mol. The van der Waals surface area contributed by atoms with Gasteiger partial charge in [-0.2, -0.15) is 0 Å². The summed E-state index contributed by atoms with van der Waals surface area (Å²) in [7, 11) is 0. The van der Waals surface area contributed by atoms with Gasteiger partial charge in [-0.3, -0.25) is 4.79 Å². The van der Waals surface area contributed by atoms with Crippen LogP contribution in [0, 0.1) is 17.6 Å². The van der Waals surface area contributed by atoms with Gasteiger partial charge in [0.15, 0.2) is 5.60 Å². The fourth-order valence-electron chi connectivity index (χ4n) is 3.16. The van der Waals surface area contributed by atoms with Crippen LogP contribution < -0.4 is 0 Å². The average molecular weight is 325 g/mol. The number of aliphatic hydroxyl groups is 1. The van der Waals surface area contributed by atoms with Crippen LogP contribution in [0.2, 0.25) is 0 Å². The van der Waals surface area contributed by atoms with E-state index in [-0.39, 0.29) is 43.7 Å². The number of carbonyl (C=O) groups excluding carboxylic acids is 1. The van der Waals surface area contributed by atoms with Crippen LogP contribution in [0.1, 0.15) is 30.7 Å². The van der Waals surface area contributed by atoms with Gasteiger partial charge in [0.05, 0.1) is 0 Å². The number of carbonyl (C=O) groups is 2. The van der Waals surface area contributed by atoms with Gasteiger partial charge in [0, 0.05) is 37.9 Å². The summed E-state index contributed by atoms with van der Waals surface area (Å²) in [5, 5.41) is 18.8. The Morgan fingerprint density at radius 3 is 2.43 bits per heavy atom. The van der Waals surface area contributed by atoms with Gasteiger partial charge in [-0.1, -0.05) is 6.07 Å². The van der Waals surface area contributed by atoms with Crippen molar-refractivity contribution in [3.05, 3.63) is 35.4 Å². The monoisotopic (exact) mass is 325 g/mol. The molecule has 1 aliphatic carbocycles. The molecule has 1 aromatic carbocycles. The first kappa shape index (κ1) is 15.9. The highest BCUT2D eigenvalue weighted by Crippen LogP contribution is 2.49. The zero-order valence-electron chi connectivity index (χ0n) is 12.3. The molecular weight excluding hydrogens is 308 g/mol. The lowest BCUT2D eigenvalue weighted by Crippen LogP contribution is -2.51. The van der Waals surface area contributed by atoms with E-state index in [1.54, 1.807) is 0 Å². The lowest BCUT2D eigenvalue weighted by Gasteiger charge is -2.35. The molecule has 1 saturated heterocycles. The van der Waals surface area contributed by atoms with E-state index in [2.05, 4.69) is 0 Å². The largest absolute Gasteiger partial charge is 0.479 e. The van der Waals surface area contributed by atoms with E-state index in [4.69, 9.17) is 5.11 Å². The number of likely N-dealkylation sites (tertiary alicyclic amines) is 1. The number of carboxylic acids is 1. The second-order valence-corrected chi connectivity index (χ2v) is 6.28. The molecule has 2 fully saturated rings. The van der Waals surface area contributed by atoms with Crippen molar-refractivity contribution in [1.29, 1.82) is 0 Å². The van der Waals surface area contributed by atoms with Crippen molar-refractivity contribution in [1.82, 2.24) is 4.90 Å². The van der Waals surface area contributed by atoms with Crippen molar-refractivity contribution in [3.63, 3.8) is 0 Å². The van der Waals surface area contributed by atoms with Gasteiger partial charge < -0.3 is 15.1 Å². The first-order valence-electron chi connectivity index (χ1n) is 7.51. The van der Waals surface area contributed by atoms with Gasteiger partial charge in [-0.25, -0.2) is 13.6 Å². The van der Waals surface area contributed by atoms with Crippen molar-refractivity contribution in [2.45, 2.75) is 30.8 Å². The molecule has 3 rings (SSSR count). The minimum atomic E-state index is -1.78. The third-order valence-corrected chi connectivity index (χ3v) is 4.77. The lowest BCUT2D eigenvalue weighted by molar-refractivity contribution is -0.165. The Hall–Kier alpha value is -2.02. The van der Waals surface area contributed by atoms with Crippen LogP contribution in [0.3, 0.4) is 0 Å². The minimum absolute atomic E-state index is 0.0175. The SMILES string of the molecule is O=C(C1CC1c1ccc(F)cc1F)N1CCC(O)(C(=O)O)CC1. The Morgan fingerprint density at radius 1 is 1.22 bits per heavy atom. The van der Waals surface area contributed by atoms with Crippen molar-refractivity contribution in [3.8, 4) is 0 Å². The number of carboxylic acid groups (broad SMARTS) is 1. The highest BCUT2D eigenvalue weighted by molar-refractivity contribution is 5.84. The van der Waals surface area contributed by atoms with Crippen molar-refractivity contribution in [2.75, 3.05) is 13.1 Å². The van der Waals surface area contributed by atoms with Gasteiger partial charge in [0.1, 0.15) is 11.6 Å². The Morgan fingerprint density at radius 2 is 1.87 bits per heavy atom. The highest BCUT2D eigenvalue weighted by atomic mass is 19.1. The zero-order chi connectivity index (χ0) is 16.8. The summed E-state index contributed by atoms with van der Waals surface area (Å²) in [6.45, 7) is 0.327. The van der Waals surface area contributed by atoms with Crippen molar-refractivity contribution in [2.24, 2.45) is 5.92 Å². The molecule has 7 heteroatoms. The minimum Gasteiger partial charge on any atom is -0.479 e. The molecule has 1 aliphatic heterocycles. The second-order valence-electron chi connectivity index (χ2n) is 6.28. The molecule has 1 aromatic rings. The summed E-state index contributed by atoms with van der Waals surface area (Å²) in [5.41, 5.74) is -1.44. The van der Waals surface area contributed by atoms with Crippen LogP contribution in [-0.2, 0) is 9.59 Å². The maximum Gasteiger partial charge on any atom is 0.335 e. The van der Waals surface area contributed by atoms with Crippen molar-refractivity contribution < 1.29 is 28.6 Å². The lowest BCUT2D eigenvalue weighted by atomic mass is 9.91. The Kier molecular flexibility index (Phi) is 3.83. The van der Waals surface area contributed by atoms with E-state index < -0.39 is 23.2 Å². The summed E-state index contributed by atoms with van der Waals surface area (Å²) in [6.07, 6.45) is 0.466. The number of piperidine rings is 1. The van der Waals surface area contributed by atoms with E-state index in [1.807, 2.05) is 0 Å². The molecule has 0 spiro atoms. The van der Waals surface area contributed by atoms with Crippen LogP contribution in [-0.4, -0.2) is 45.7 Å². The number of benzene rings is 1. The smallest absolute Gasteiger partial charge is 0.335 e. The molecule has 1 saturated carbocycles. The molecule has 0 bridgehead atoms. The van der Waals surface area contributed by atoms with E-state index in [1.165, 1.54) is 17.0 Å². The summed E-state index contributed by atoms with van der Waals surface area (Å²) < 4.78 is 26.7. The quantitative estimate of drug-likeness (QED) is 0.883. The number of rotatable bonds is 3. The molecular formula is C16H17F2NO4. The number of hydrogen-bond acceptors (Lipinski definition) is 3. The molecule has 2 unspecified atom stereocenters. The normalized spacial score (nSPS) is 26.0. The highest BCUT2D eigenvalue weighted by Gasteiger charge is 2.49. The van der Waals surface area contributed by atoms with E-state index in [0.717, 1.165) is 6.07 Å². The number of nitrogens with zero attached hydrogens (tertiary/aromatic N) is 1. The summed E-state index contributed by atoms with van der Waals surface area (Å²) in [5.74, 6) is -3.36. The van der Waals surface area contributed by atoms with Gasteiger partial charge in [-0.05, 0) is 24.0 Å². The number of halogens is 2. The molecule has 23 heavy (non-hydrogen) atoms. The van der Waals surface area contributed by atoms with Crippen molar-refractivity contribution >= 4 is 11.9 Å². The van der Waals surface area contributed by atoms with Gasteiger partial charge in [0.2, 0.25) is 5.91 Å². The summed E-state index contributed by atoms with van der Waals surface area (Å²) >= 11 is 0. The van der Waals surface area contributed by atoms with Crippen LogP contribution in [0.15, 0.2) is 18.2 Å². The molecule has 2 aliphatic rings. The third-order valence-electron chi connectivity index (χ3n) is 4.77. The molecule has 2 atom stereocenters. The van der Waals surface area contributed by atoms with Crippen LogP contribution in [0.4, 0.5) is 8.78 Å². The third kappa shape index (κ3) is 2.93. The molecule has 1 heterocycles. The number of hydrogen-bond donors (Lipinski definition) is 2. The predicted octanol–water partition coefficient (Wildman–Crippen LogP) is 1.51. The first-order chi connectivity index (χ1) is 10.8. The first-order valence-corrected chi connectivity index (χ1v) is 7.51. The Labute approximate surface area is 131 Å². The zero-order valence-corrected chi connectivity index (χ0v) is 12.3. The maximum absolute atomic E-state index is 13.7. The topological polar surface area (TPSA) is 77.8 Å². The maximum atomic E-state index is 13.7. The molecule has 5 nitrogen and oxygen atoms in total. The number of amides is 1. The Balaban J connectivity index is 1.62. The average Bonchev–Trinajstić information content (AvgIpc) is 3.27. The second kappa shape index (κ2) is 5.56. The molecule has 0 aromatic heterocycles. The van der Waals surface area contributed by atoms with Gasteiger partial charge in [-0.15, -0.1) is 0 Å². The summed E-state index contributed by atoms with van der Waals surface area (Å²) in [6, 6.07) is 3.34. The van der Waals surface area contributed by atoms with E-state index in [0.29, 0.717) is 12.0 Å². The van der Waals surface area contributed by atoms with Crippen LogP contribution >= 0.6 is 0 Å². The molecule has 0 radical (unpaired) electrons. The summed E-state index contributed by atoms with van der Waals surface area (Å²) in [4.78, 5) is 24.9. The van der Waals surface area contributed by atoms with E-state index >= 15 is 0 Å². The van der Waals surface area contributed by atoms with Gasteiger partial charge in [0.25, 0.3) is 0 Å². The fourth-order valence-corrected chi connectivity index (χ4v) is 3.16. The number of aliphatic carboxylic acids is 1. The Bertz CT molecular complexity index is 655. The molecule has 2 N–H and O–H groups in total. The van der Waals surface area contributed by atoms with Gasteiger partial charge >= 0.3 is 5.97 Å². The van der Waals surface area contributed by atoms with Crippen LogP contribution in [0.25, 0.3) is 0 Å². The standard InChI is InChI=1S/C16H17F2NO4/c17-9-1-2-10(13(18)7-9)11-8-12(11)14(20)19-5-3-16(23,4-6-19)15(21)22/h1-2,7,11-12,23H,3-6,8H2,(H,21,22).